The average molecular weight is 236 g/mol. The van der Waals surface area contributed by atoms with Crippen molar-refractivity contribution in [3.05, 3.63) is 28.8 Å². The first-order valence-electron chi connectivity index (χ1n) is 5.82. The first-order valence-corrected chi connectivity index (χ1v) is 5.82. The molecule has 0 heterocycles. The lowest BCUT2D eigenvalue weighted by Crippen LogP contribution is -2.05. The highest BCUT2D eigenvalue weighted by Gasteiger charge is 2.03. The summed E-state index contributed by atoms with van der Waals surface area (Å²) in [5.74, 6) is 0.681. The van der Waals surface area contributed by atoms with E-state index in [1.807, 2.05) is 12.1 Å². The molecule has 1 aromatic rings. The minimum absolute atomic E-state index is 0.190. The Kier molecular flexibility index (Phi) is 5.01. The average Bonchev–Trinajstić information content (AvgIpc) is 2.31. The van der Waals surface area contributed by atoms with Gasteiger partial charge in [-0.15, -0.1) is 0 Å². The number of hydrogen-bond acceptors (Lipinski definition) is 3. The Bertz CT molecular complexity index is 373. The monoisotopic (exact) mass is 236 g/mol. The molecule has 0 aliphatic rings. The maximum Gasteiger partial charge on any atom is 0.305 e. The van der Waals surface area contributed by atoms with Gasteiger partial charge in [-0.1, -0.05) is 0 Å². The first kappa shape index (κ1) is 13.6. The zero-order valence-electron chi connectivity index (χ0n) is 11.0. The summed E-state index contributed by atoms with van der Waals surface area (Å²) in [7, 11) is 1.40. The summed E-state index contributed by atoms with van der Waals surface area (Å²) >= 11 is 0. The minimum Gasteiger partial charge on any atom is -0.494 e. The van der Waals surface area contributed by atoms with Gasteiger partial charge in [0.1, 0.15) is 5.75 Å². The maximum atomic E-state index is 10.9. The zero-order valence-corrected chi connectivity index (χ0v) is 11.0. The molecular weight excluding hydrogens is 216 g/mol. The number of methoxy groups -OCH3 is 1. The number of ether oxygens (including phenoxy) is 2. The van der Waals surface area contributed by atoms with Crippen molar-refractivity contribution in [2.75, 3.05) is 13.7 Å². The summed E-state index contributed by atoms with van der Waals surface area (Å²) in [6.07, 6.45) is 1.08. The lowest BCUT2D eigenvalue weighted by molar-refractivity contribution is -0.140. The van der Waals surface area contributed by atoms with E-state index in [1.54, 1.807) is 0 Å². The van der Waals surface area contributed by atoms with Crippen LogP contribution in [0.5, 0.6) is 5.75 Å². The molecular formula is C14H20O3. The number of benzene rings is 1. The Morgan fingerprint density at radius 3 is 2.29 bits per heavy atom. The molecule has 1 rings (SSSR count). The molecule has 0 aliphatic carbocycles. The van der Waals surface area contributed by atoms with Crippen molar-refractivity contribution in [3.63, 3.8) is 0 Å². The molecule has 0 saturated carbocycles. The van der Waals surface area contributed by atoms with Crippen LogP contribution in [0.1, 0.15) is 29.5 Å². The maximum absolute atomic E-state index is 10.9. The minimum atomic E-state index is -0.190. The molecule has 0 amide bonds. The van der Waals surface area contributed by atoms with Gasteiger partial charge >= 0.3 is 5.97 Å². The van der Waals surface area contributed by atoms with Crippen molar-refractivity contribution >= 4 is 5.97 Å². The van der Waals surface area contributed by atoms with Gasteiger partial charge in [-0.3, -0.25) is 4.79 Å². The Morgan fingerprint density at radius 1 is 1.18 bits per heavy atom. The fraction of sp³-hybridized carbons (Fsp3) is 0.500. The van der Waals surface area contributed by atoms with Crippen molar-refractivity contribution in [3.8, 4) is 5.75 Å². The Hall–Kier alpha value is -1.51. The van der Waals surface area contributed by atoms with Crippen LogP contribution in [-0.4, -0.2) is 19.7 Å². The van der Waals surface area contributed by atoms with E-state index >= 15 is 0 Å². The number of carbonyl (C=O) groups is 1. The fourth-order valence-electron chi connectivity index (χ4n) is 1.59. The largest absolute Gasteiger partial charge is 0.494 e. The van der Waals surface area contributed by atoms with Gasteiger partial charge in [0, 0.05) is 6.42 Å². The Labute approximate surface area is 103 Å². The third-order valence-electron chi connectivity index (χ3n) is 2.92. The molecule has 0 unspecified atom stereocenters. The molecule has 3 heteroatoms. The van der Waals surface area contributed by atoms with Gasteiger partial charge in [-0.05, 0) is 56.0 Å². The van der Waals surface area contributed by atoms with Crippen LogP contribution in [-0.2, 0) is 9.53 Å². The molecule has 1 aromatic carbocycles. The Morgan fingerprint density at radius 2 is 1.76 bits per heavy atom. The van der Waals surface area contributed by atoms with Crippen molar-refractivity contribution in [1.29, 1.82) is 0 Å². The first-order chi connectivity index (χ1) is 8.04. The molecule has 0 fully saturated rings. The van der Waals surface area contributed by atoms with Gasteiger partial charge in [-0.25, -0.2) is 0 Å². The van der Waals surface area contributed by atoms with Gasteiger partial charge in [-0.2, -0.15) is 0 Å². The van der Waals surface area contributed by atoms with Crippen molar-refractivity contribution in [2.45, 2.75) is 33.6 Å². The van der Waals surface area contributed by atoms with Crippen LogP contribution in [0.15, 0.2) is 12.1 Å². The number of hydrogen-bond donors (Lipinski definition) is 0. The number of carbonyl (C=O) groups excluding carboxylic acids is 1. The van der Waals surface area contributed by atoms with Crippen LogP contribution in [0.25, 0.3) is 0 Å². The van der Waals surface area contributed by atoms with E-state index in [2.05, 4.69) is 25.5 Å². The SMILES string of the molecule is COC(=O)CCCOc1cc(C)c(C)c(C)c1. The van der Waals surface area contributed by atoms with E-state index in [-0.39, 0.29) is 5.97 Å². The highest BCUT2D eigenvalue weighted by Crippen LogP contribution is 2.21. The van der Waals surface area contributed by atoms with Crippen molar-refractivity contribution < 1.29 is 14.3 Å². The van der Waals surface area contributed by atoms with Crippen LogP contribution in [0.3, 0.4) is 0 Å². The quantitative estimate of drug-likeness (QED) is 0.582. The molecule has 0 aliphatic heterocycles. The third kappa shape index (κ3) is 4.10. The van der Waals surface area contributed by atoms with E-state index in [4.69, 9.17) is 4.74 Å². The topological polar surface area (TPSA) is 35.5 Å². The molecule has 0 N–H and O–H groups in total. The van der Waals surface area contributed by atoms with Crippen LogP contribution in [0.4, 0.5) is 0 Å². The van der Waals surface area contributed by atoms with Gasteiger partial charge < -0.3 is 9.47 Å². The molecule has 0 bridgehead atoms. The standard InChI is InChI=1S/C14H20O3/c1-10-8-13(9-11(2)12(10)3)17-7-5-6-14(15)16-4/h8-9H,5-7H2,1-4H3. The van der Waals surface area contributed by atoms with E-state index in [0.717, 1.165) is 5.75 Å². The summed E-state index contributed by atoms with van der Waals surface area (Å²) in [6.45, 7) is 6.79. The van der Waals surface area contributed by atoms with Crippen molar-refractivity contribution in [1.82, 2.24) is 0 Å². The smallest absolute Gasteiger partial charge is 0.305 e. The second-order valence-corrected chi connectivity index (χ2v) is 4.21. The summed E-state index contributed by atoms with van der Waals surface area (Å²) in [5.41, 5.74) is 3.76. The summed E-state index contributed by atoms with van der Waals surface area (Å²) in [4.78, 5) is 10.9. The van der Waals surface area contributed by atoms with Gasteiger partial charge in [0.25, 0.3) is 0 Å². The summed E-state index contributed by atoms with van der Waals surface area (Å²) in [5, 5.41) is 0. The molecule has 3 nitrogen and oxygen atoms in total. The van der Waals surface area contributed by atoms with E-state index < -0.39 is 0 Å². The highest BCUT2D eigenvalue weighted by molar-refractivity contribution is 5.69. The molecule has 0 atom stereocenters. The van der Waals surface area contributed by atoms with Gasteiger partial charge in [0.15, 0.2) is 0 Å². The van der Waals surface area contributed by atoms with E-state index in [1.165, 1.54) is 23.8 Å². The summed E-state index contributed by atoms with van der Waals surface area (Å²) < 4.78 is 10.2. The second-order valence-electron chi connectivity index (χ2n) is 4.21. The normalized spacial score (nSPS) is 10.1. The summed E-state index contributed by atoms with van der Waals surface area (Å²) in [6, 6.07) is 4.06. The molecule has 94 valence electrons. The molecule has 0 aromatic heterocycles. The van der Waals surface area contributed by atoms with Gasteiger partial charge in [0.05, 0.1) is 13.7 Å². The van der Waals surface area contributed by atoms with E-state index in [0.29, 0.717) is 19.4 Å². The number of esters is 1. The Balaban J connectivity index is 2.45. The molecule has 0 radical (unpaired) electrons. The van der Waals surface area contributed by atoms with Crippen LogP contribution in [0.2, 0.25) is 0 Å². The van der Waals surface area contributed by atoms with E-state index in [9.17, 15) is 4.79 Å². The lowest BCUT2D eigenvalue weighted by Gasteiger charge is -2.10. The van der Waals surface area contributed by atoms with Gasteiger partial charge in [0.2, 0.25) is 0 Å². The molecule has 0 saturated heterocycles. The highest BCUT2D eigenvalue weighted by atomic mass is 16.5. The number of rotatable bonds is 5. The van der Waals surface area contributed by atoms with Crippen LogP contribution >= 0.6 is 0 Å². The predicted molar refractivity (Wildman–Crippen MR) is 67.4 cm³/mol. The number of aryl methyl sites for hydroxylation is 2. The third-order valence-corrected chi connectivity index (χ3v) is 2.92. The molecule has 17 heavy (non-hydrogen) atoms. The van der Waals surface area contributed by atoms with Crippen LogP contribution < -0.4 is 4.74 Å². The predicted octanol–water partition coefficient (Wildman–Crippen LogP) is 2.94. The second kappa shape index (κ2) is 6.28. The molecule has 0 spiro atoms. The van der Waals surface area contributed by atoms with Crippen LogP contribution in [0, 0.1) is 20.8 Å². The van der Waals surface area contributed by atoms with Crippen molar-refractivity contribution in [2.24, 2.45) is 0 Å². The lowest BCUT2D eigenvalue weighted by atomic mass is 10.0. The fourth-order valence-corrected chi connectivity index (χ4v) is 1.59. The zero-order chi connectivity index (χ0) is 12.8.